The Morgan fingerprint density at radius 1 is 0.909 bits per heavy atom. The first kappa shape index (κ1) is 26.3. The zero-order valence-electron chi connectivity index (χ0n) is 19.9. The van der Waals surface area contributed by atoms with Crippen molar-refractivity contribution in [1.29, 1.82) is 0 Å². The molecular weight excluding hydrogens is 440 g/mol. The third-order valence-electron chi connectivity index (χ3n) is 5.15. The molecule has 0 saturated heterocycles. The second-order valence-corrected chi connectivity index (χ2v) is 10.4. The van der Waals surface area contributed by atoms with E-state index >= 15 is 0 Å². The lowest BCUT2D eigenvalue weighted by atomic mass is 10.1. The molecule has 2 aromatic rings. The van der Waals surface area contributed by atoms with Gasteiger partial charge in [0.1, 0.15) is 12.6 Å². The molecule has 8 nitrogen and oxygen atoms in total. The van der Waals surface area contributed by atoms with Gasteiger partial charge in [-0.15, -0.1) is 0 Å². The zero-order chi connectivity index (χ0) is 24.6. The van der Waals surface area contributed by atoms with Gasteiger partial charge in [-0.1, -0.05) is 48.5 Å². The standard InChI is InChI=1S/C24H34N4O4S/c1-19(2)25-24(30)20(3)27(17-16-21-12-8-6-9-13-21)23(29)18-28(33(31,32)26(4)5)22-14-10-7-11-15-22/h6-15,19-20H,16-18H2,1-5H3,(H,25,30)/t20-/m1/s1. The number of amides is 2. The van der Waals surface area contributed by atoms with Crippen LogP contribution in [0, 0.1) is 0 Å². The van der Waals surface area contributed by atoms with Gasteiger partial charge >= 0.3 is 10.2 Å². The number of carbonyl (C=O) groups excluding carboxylic acids is 2. The molecule has 0 aliphatic carbocycles. The third kappa shape index (κ3) is 7.30. The number of benzene rings is 2. The molecule has 0 unspecified atom stereocenters. The van der Waals surface area contributed by atoms with Gasteiger partial charge in [0, 0.05) is 26.7 Å². The largest absolute Gasteiger partial charge is 0.352 e. The lowest BCUT2D eigenvalue weighted by Crippen LogP contribution is -2.54. The molecule has 0 bridgehead atoms. The molecule has 0 aliphatic heterocycles. The Kier molecular flexibility index (Phi) is 9.43. The molecule has 33 heavy (non-hydrogen) atoms. The molecule has 2 rings (SSSR count). The Bertz CT molecular complexity index is 1010. The maximum Gasteiger partial charge on any atom is 0.304 e. The van der Waals surface area contributed by atoms with E-state index in [2.05, 4.69) is 5.32 Å². The molecule has 0 aromatic heterocycles. The van der Waals surface area contributed by atoms with E-state index in [1.807, 2.05) is 44.2 Å². The highest BCUT2D eigenvalue weighted by Crippen LogP contribution is 2.20. The lowest BCUT2D eigenvalue weighted by molar-refractivity contribution is -0.139. The summed E-state index contributed by atoms with van der Waals surface area (Å²) in [7, 11) is -1.10. The Labute approximate surface area is 197 Å². The summed E-state index contributed by atoms with van der Waals surface area (Å²) in [5.41, 5.74) is 1.40. The van der Waals surface area contributed by atoms with Gasteiger partial charge in [-0.05, 0) is 44.9 Å². The van der Waals surface area contributed by atoms with Crippen LogP contribution in [0.25, 0.3) is 0 Å². The molecule has 1 N–H and O–H groups in total. The summed E-state index contributed by atoms with van der Waals surface area (Å²) in [6.07, 6.45) is 0.539. The molecule has 0 heterocycles. The van der Waals surface area contributed by atoms with Crippen LogP contribution in [0.3, 0.4) is 0 Å². The van der Waals surface area contributed by atoms with E-state index in [4.69, 9.17) is 0 Å². The number of hydrogen-bond acceptors (Lipinski definition) is 4. The molecule has 1 atom stereocenters. The van der Waals surface area contributed by atoms with Gasteiger partial charge in [0.05, 0.1) is 5.69 Å². The van der Waals surface area contributed by atoms with Crippen molar-refractivity contribution in [3.8, 4) is 0 Å². The minimum atomic E-state index is -3.93. The zero-order valence-corrected chi connectivity index (χ0v) is 20.7. The van der Waals surface area contributed by atoms with Gasteiger partial charge in [-0.2, -0.15) is 12.7 Å². The summed E-state index contributed by atoms with van der Waals surface area (Å²) in [5.74, 6) is -0.736. The predicted octanol–water partition coefficient (Wildman–Crippen LogP) is 2.28. The molecule has 2 aromatic carbocycles. The van der Waals surface area contributed by atoms with Gasteiger partial charge in [0.15, 0.2) is 0 Å². The molecule has 0 radical (unpaired) electrons. The van der Waals surface area contributed by atoms with Gasteiger partial charge in [-0.3, -0.25) is 9.59 Å². The second-order valence-electron chi connectivity index (χ2n) is 8.29. The Morgan fingerprint density at radius 2 is 1.45 bits per heavy atom. The maximum absolute atomic E-state index is 13.5. The number of nitrogens with zero attached hydrogens (tertiary/aromatic N) is 3. The summed E-state index contributed by atoms with van der Waals surface area (Å²) >= 11 is 0. The minimum Gasteiger partial charge on any atom is -0.352 e. The first-order valence-electron chi connectivity index (χ1n) is 10.9. The summed E-state index contributed by atoms with van der Waals surface area (Å²) in [5, 5.41) is 2.84. The minimum absolute atomic E-state index is 0.0824. The van der Waals surface area contributed by atoms with Crippen LogP contribution >= 0.6 is 0 Å². The normalized spacial score (nSPS) is 12.5. The van der Waals surface area contributed by atoms with Crippen LogP contribution in [0.4, 0.5) is 5.69 Å². The Hall–Kier alpha value is -2.91. The van der Waals surface area contributed by atoms with Crippen molar-refractivity contribution in [3.05, 3.63) is 66.2 Å². The number of carbonyl (C=O) groups is 2. The smallest absolute Gasteiger partial charge is 0.304 e. The van der Waals surface area contributed by atoms with Crippen LogP contribution in [0.15, 0.2) is 60.7 Å². The number of para-hydroxylation sites is 1. The average Bonchev–Trinajstić information content (AvgIpc) is 2.78. The van der Waals surface area contributed by atoms with Gasteiger partial charge in [0.2, 0.25) is 11.8 Å². The summed E-state index contributed by atoms with van der Waals surface area (Å²) in [4.78, 5) is 27.6. The third-order valence-corrected chi connectivity index (χ3v) is 6.97. The molecule has 9 heteroatoms. The highest BCUT2D eigenvalue weighted by molar-refractivity contribution is 7.90. The van der Waals surface area contributed by atoms with Gasteiger partial charge in [-0.25, -0.2) is 4.31 Å². The van der Waals surface area contributed by atoms with E-state index in [0.29, 0.717) is 12.1 Å². The highest BCUT2D eigenvalue weighted by Gasteiger charge is 2.32. The number of rotatable bonds is 11. The average molecular weight is 475 g/mol. The Balaban J connectivity index is 2.34. The highest BCUT2D eigenvalue weighted by atomic mass is 32.2. The maximum atomic E-state index is 13.5. The van der Waals surface area contributed by atoms with E-state index < -0.39 is 28.7 Å². The van der Waals surface area contributed by atoms with E-state index in [1.165, 1.54) is 19.0 Å². The second kappa shape index (κ2) is 11.8. The molecule has 0 spiro atoms. The number of anilines is 1. The quantitative estimate of drug-likeness (QED) is 0.541. The van der Waals surface area contributed by atoms with Crippen molar-refractivity contribution in [2.24, 2.45) is 0 Å². The van der Waals surface area contributed by atoms with E-state index in [-0.39, 0.29) is 18.5 Å². The van der Waals surface area contributed by atoms with E-state index in [9.17, 15) is 18.0 Å². The van der Waals surface area contributed by atoms with Crippen molar-refractivity contribution in [3.63, 3.8) is 0 Å². The molecular formula is C24H34N4O4S. The predicted molar refractivity (Wildman–Crippen MR) is 131 cm³/mol. The topological polar surface area (TPSA) is 90.0 Å². The van der Waals surface area contributed by atoms with Crippen LogP contribution in [-0.2, 0) is 26.2 Å². The first-order chi connectivity index (χ1) is 15.5. The van der Waals surface area contributed by atoms with Gasteiger partial charge < -0.3 is 10.2 Å². The van der Waals surface area contributed by atoms with Crippen LogP contribution in [-0.4, -0.2) is 68.7 Å². The number of nitrogens with one attached hydrogen (secondary N) is 1. The van der Waals surface area contributed by atoms with Crippen LogP contribution in [0.1, 0.15) is 26.3 Å². The van der Waals surface area contributed by atoms with Crippen molar-refractivity contribution in [1.82, 2.24) is 14.5 Å². The van der Waals surface area contributed by atoms with E-state index in [0.717, 1.165) is 14.2 Å². The summed E-state index contributed by atoms with van der Waals surface area (Å²) in [6.45, 7) is 5.22. The number of hydrogen-bond donors (Lipinski definition) is 1. The fourth-order valence-electron chi connectivity index (χ4n) is 3.29. The molecule has 0 aliphatic rings. The summed E-state index contributed by atoms with van der Waals surface area (Å²) < 4.78 is 28.2. The van der Waals surface area contributed by atoms with Crippen LogP contribution in [0.5, 0.6) is 0 Å². The monoisotopic (exact) mass is 474 g/mol. The van der Waals surface area contributed by atoms with Crippen LogP contribution < -0.4 is 9.62 Å². The van der Waals surface area contributed by atoms with Crippen molar-refractivity contribution >= 4 is 27.7 Å². The van der Waals surface area contributed by atoms with E-state index in [1.54, 1.807) is 37.3 Å². The molecule has 0 saturated carbocycles. The lowest BCUT2D eigenvalue weighted by Gasteiger charge is -2.33. The van der Waals surface area contributed by atoms with Crippen molar-refractivity contribution in [2.45, 2.75) is 39.3 Å². The Morgan fingerprint density at radius 3 is 1.97 bits per heavy atom. The molecule has 180 valence electrons. The fraction of sp³-hybridized carbons (Fsp3) is 0.417. The molecule has 2 amide bonds. The van der Waals surface area contributed by atoms with Crippen LogP contribution in [0.2, 0.25) is 0 Å². The van der Waals surface area contributed by atoms with Crippen molar-refractivity contribution < 1.29 is 18.0 Å². The van der Waals surface area contributed by atoms with Crippen molar-refractivity contribution in [2.75, 3.05) is 31.5 Å². The molecule has 0 fully saturated rings. The SMILES string of the molecule is CC(C)NC(=O)[C@@H](C)N(CCc1ccccc1)C(=O)CN(c1ccccc1)S(=O)(=O)N(C)C. The summed E-state index contributed by atoms with van der Waals surface area (Å²) in [6, 6.07) is 17.3. The van der Waals surface area contributed by atoms with Gasteiger partial charge in [0.25, 0.3) is 0 Å². The first-order valence-corrected chi connectivity index (χ1v) is 12.3. The fourth-order valence-corrected chi connectivity index (χ4v) is 4.34.